The van der Waals surface area contributed by atoms with Crippen LogP contribution in [0, 0.1) is 52.3 Å². The van der Waals surface area contributed by atoms with Crippen molar-refractivity contribution >= 4 is 117 Å². The van der Waals surface area contributed by atoms with E-state index in [1.165, 1.54) is 6.92 Å². The van der Waals surface area contributed by atoms with E-state index in [4.69, 9.17) is 113 Å². The molecule has 5 heterocycles. The van der Waals surface area contributed by atoms with Crippen LogP contribution in [0.3, 0.4) is 0 Å². The van der Waals surface area contributed by atoms with Crippen molar-refractivity contribution in [2.45, 2.75) is 235 Å². The van der Waals surface area contributed by atoms with Crippen LogP contribution in [0.1, 0.15) is 117 Å². The monoisotopic (exact) mass is 2130 g/mol. The summed E-state index contributed by atoms with van der Waals surface area (Å²) in [5.74, 6) is -13.3. The van der Waals surface area contributed by atoms with Crippen LogP contribution >= 0.6 is 0 Å². The van der Waals surface area contributed by atoms with Gasteiger partial charge in [-0.25, -0.2) is 27.0 Å². The molecule has 0 aromatic rings. The number of carbonyl (C=O) groups is 5. The van der Waals surface area contributed by atoms with Crippen LogP contribution in [0.4, 0.5) is 17.6 Å². The molecule has 739 valence electrons. The predicted octanol–water partition coefficient (Wildman–Crippen LogP) is -12.2. The molecule has 0 amide bonds. The van der Waals surface area contributed by atoms with Crippen LogP contribution in [0.15, 0.2) is 0 Å². The van der Waals surface area contributed by atoms with E-state index in [-0.39, 0.29) is 156 Å². The van der Waals surface area contributed by atoms with Gasteiger partial charge < -0.3 is 128 Å². The van der Waals surface area contributed by atoms with Crippen molar-refractivity contribution in [2.75, 3.05) is 85.1 Å². The zero-order chi connectivity index (χ0) is 98.1. The molecular formula is C63H124B5F4N22O29S5W. The van der Waals surface area contributed by atoms with E-state index in [9.17, 15) is 109 Å². The number of nitrogens with one attached hydrogen (secondary N) is 5. The Morgan fingerprint density at radius 3 is 1.02 bits per heavy atom. The molecule has 18 atom stereocenters. The number of aliphatic carboxylic acids is 5. The molecule has 66 heteroatoms. The molecule has 129 heavy (non-hydrogen) atoms. The average Bonchev–Trinajstić information content (AvgIpc) is 1.73. The van der Waals surface area contributed by atoms with Gasteiger partial charge in [-0.2, -0.15) is 88.3 Å². The van der Waals surface area contributed by atoms with Crippen LogP contribution < -0.4 is 80.9 Å². The number of carboxylic acids is 5. The number of hydrogen-bond donors (Lipinski definition) is 29. The van der Waals surface area contributed by atoms with Gasteiger partial charge in [-0.3, -0.25) is 24.0 Å². The minimum absolute atomic E-state index is 0. The van der Waals surface area contributed by atoms with Gasteiger partial charge in [0, 0.05) is 166 Å². The van der Waals surface area contributed by atoms with Crippen molar-refractivity contribution < 1.29 is 175 Å². The maximum absolute atomic E-state index is 13.5. The Labute approximate surface area is 762 Å². The molecule has 8 rings (SSSR count). The van der Waals surface area contributed by atoms with Gasteiger partial charge in [-0.15, -0.1) is 0 Å². The standard InChI is InChI=1S/C14H28BN4O5S.2C13H25BF2N4O6S.C12H24BN5O6S.C11H22BN5O6S.W/c1-10(13(16)5-3-6-13)18-25(23,24)19-8-11(4-2-7-15-22)14(17,9-19)12(20)21;15-13(16)4-3-11(13,17)7-19-27(25,26)20-6-9(2-1-5-14(23)24)12(18,8-20)10(21)22;15-9-4-12(17,10(9)16)6-19-27(25,26)20-5-8(2-1-3-14(23)24)13(18,7-20)11(21)22;1-8(10(15)5-14)17-25(23,24)18-6-9(3-2-4-13(21)22)12(16,7-18)11(19)20;13-4-9(14)5-16-24(22,23)17-6-8(2-1-3-12(20)21)11(15,7-17)10(18)19;/h10-11,18,22H,2-9,16-17H2,1H3,(H,20,21);9,19,23-24H,1-8,17-18H2,(H,21,22);8-10,19,23-24H,1-7,17-18H2,(H,21,22);8-10,17,21-22H,2-4,6-7,15-16H2,1H3,(H,19,20);8-9,16,20-21H,1-3,5-7,14-15H2,(H,18,19);/t10-,11-,14-;9-,11?,12-;8-,9?,10?,12?,13-;8-,9-,10-,12-;8-,9+,11-;/m00000./s1. The molecule has 5 aliphatic heterocycles. The van der Waals surface area contributed by atoms with Crippen LogP contribution in [-0.2, 0) is 96.1 Å². The second kappa shape index (κ2) is 48.1. The van der Waals surface area contributed by atoms with Crippen molar-refractivity contribution in [1.82, 2.24) is 45.1 Å². The molecule has 39 N–H and O–H groups in total. The average molecular weight is 2130 g/mol. The van der Waals surface area contributed by atoms with E-state index in [0.29, 0.717) is 19.2 Å². The molecule has 1 radical (unpaired) electrons. The van der Waals surface area contributed by atoms with E-state index in [1.54, 1.807) is 19.1 Å². The number of halogens is 4. The van der Waals surface area contributed by atoms with Crippen LogP contribution in [0.5, 0.6) is 0 Å². The minimum Gasteiger partial charge on any atom is -0.480 e. The summed E-state index contributed by atoms with van der Waals surface area (Å²) in [7, 11) is -25.6. The summed E-state index contributed by atoms with van der Waals surface area (Å²) in [4.78, 5) is 57.8. The molecule has 5 saturated heterocycles. The Morgan fingerprint density at radius 1 is 0.473 bits per heavy atom. The van der Waals surface area contributed by atoms with Crippen LogP contribution in [0.25, 0.3) is 0 Å². The molecule has 8 fully saturated rings. The molecule has 8 aliphatic rings. The van der Waals surface area contributed by atoms with Gasteiger partial charge in [0.1, 0.15) is 45.9 Å². The summed E-state index contributed by atoms with van der Waals surface area (Å²) in [5.41, 5.74) is 44.8. The Morgan fingerprint density at radius 2 is 0.775 bits per heavy atom. The Bertz CT molecular complexity index is 4450. The van der Waals surface area contributed by atoms with Gasteiger partial charge in [0.2, 0.25) is 0 Å². The van der Waals surface area contributed by atoms with E-state index in [1.807, 2.05) is 4.72 Å². The van der Waals surface area contributed by atoms with Crippen molar-refractivity contribution in [2.24, 2.45) is 86.9 Å². The van der Waals surface area contributed by atoms with Crippen molar-refractivity contribution in [3.63, 3.8) is 0 Å². The summed E-state index contributed by atoms with van der Waals surface area (Å²) < 4.78 is 194. The predicted molar refractivity (Wildman–Crippen MR) is 451 cm³/mol. The normalized spacial score (nSPS) is 30.8. The van der Waals surface area contributed by atoms with Gasteiger partial charge in [0.15, 0.2) is 6.17 Å². The first-order valence-electron chi connectivity index (χ1n) is 40.7. The fraction of sp³-hybridized carbons (Fsp3) is 0.889. The number of alkyl halides is 4. The Hall–Kier alpha value is -4.35. The third-order valence-electron chi connectivity index (χ3n) is 24.9. The summed E-state index contributed by atoms with van der Waals surface area (Å²) in [6.07, 6.45) is 1.23. The number of nitrogens with zero attached hydrogens (tertiary/aromatic N) is 7. The molecule has 4 unspecified atom stereocenters. The maximum Gasteiger partial charge on any atom is 0.451 e. The van der Waals surface area contributed by atoms with Gasteiger partial charge in [0.25, 0.3) is 64.5 Å². The molecule has 0 spiro atoms. The van der Waals surface area contributed by atoms with Crippen LogP contribution in [0.2, 0.25) is 31.6 Å². The largest absolute Gasteiger partial charge is 0.480 e. The zero-order valence-corrected chi connectivity index (χ0v) is 78.0. The van der Waals surface area contributed by atoms with Gasteiger partial charge in [-0.1, -0.05) is 38.4 Å². The van der Waals surface area contributed by atoms with Gasteiger partial charge >= 0.3 is 58.3 Å². The third kappa shape index (κ3) is 31.1. The second-order valence-corrected chi connectivity index (χ2v) is 43.1. The van der Waals surface area contributed by atoms with E-state index in [0.717, 1.165) is 48.3 Å². The van der Waals surface area contributed by atoms with E-state index >= 15 is 0 Å². The van der Waals surface area contributed by atoms with E-state index < -0.39 is 271 Å². The summed E-state index contributed by atoms with van der Waals surface area (Å²) in [5, 5.41) is 144. The molecular weight excluding hydrogens is 2000 g/mol. The number of rotatable bonds is 45. The van der Waals surface area contributed by atoms with E-state index in [2.05, 4.69) is 18.9 Å². The van der Waals surface area contributed by atoms with Crippen LogP contribution in [-0.4, -0.2) is 372 Å². The summed E-state index contributed by atoms with van der Waals surface area (Å²) >= 11 is 0. The maximum atomic E-state index is 13.5. The topological polar surface area (TPSA) is 923 Å². The fourth-order valence-corrected chi connectivity index (χ4v) is 22.9. The van der Waals surface area contributed by atoms with Crippen molar-refractivity contribution in [3.05, 3.63) is 0 Å². The molecule has 51 nitrogen and oxygen atoms in total. The molecule has 0 aromatic carbocycles. The first kappa shape index (κ1) is 119. The Kier molecular flexibility index (Phi) is 44.3. The van der Waals surface area contributed by atoms with Crippen molar-refractivity contribution in [3.8, 4) is 12.1 Å². The summed E-state index contributed by atoms with van der Waals surface area (Å²) in [6.45, 7) is -1.18. The van der Waals surface area contributed by atoms with Gasteiger partial charge in [0.05, 0.1) is 23.2 Å². The molecule has 3 aliphatic carbocycles. The molecule has 0 bridgehead atoms. The third-order valence-corrected chi connectivity index (χ3v) is 32.6. The molecule has 3 saturated carbocycles. The fourth-order valence-electron chi connectivity index (χ4n) is 15.7. The van der Waals surface area contributed by atoms with Gasteiger partial charge in [-0.05, 0) is 96.9 Å². The molecule has 0 aromatic heterocycles. The first-order valence-corrected chi connectivity index (χ1v) is 47.9. The second-order valence-electron chi connectivity index (χ2n) is 34.4. The summed E-state index contributed by atoms with van der Waals surface area (Å²) in [6, 6.07) is 0.0216. The number of nitrogens with two attached hydrogens (primary N) is 10. The smallest absolute Gasteiger partial charge is 0.451 e. The zero-order valence-electron chi connectivity index (χ0n) is 71.0. The number of carboxylic acid groups (broad SMARTS) is 5. The first-order chi connectivity index (χ1) is 58.6. The SMILES string of the molecule is C[C@H](NS(=O)(=O)N1C[C@H](CCCB(O)O)[C@](N)(C(=O)O)C1)[C@@H](N)C#N.C[C@H](NS(=O)(=O)N1C[C@H](CCC[B]O)[C@](N)(C(=O)O)C1)C1(N)CCC1.N#C[C@@H](N)CNS(=O)(=O)N1C[C@H](CCCB(O)O)[C@](N)(C(=O)O)C1.NC1(CNS(=O)(=O)N2C[C@H](CCCB(O)O)[C@](N)(C(=O)O)C2)CC(F)C1F.NC1(CNS(=O)(=O)N2C[C@H](CCCB(O)O)[C@](N)(C(=O)O)C2)CCC1(F)F.[W]. The quantitative estimate of drug-likeness (QED) is 0.0153. The number of hydrogen-bond acceptors (Lipinski definition) is 36. The van der Waals surface area contributed by atoms with Crippen molar-refractivity contribution in [1.29, 1.82) is 10.5 Å². The minimum atomic E-state index is -4.27. The number of nitriles is 2. The Balaban J connectivity index is 0.000000415.